The van der Waals surface area contributed by atoms with Crippen LogP contribution in [-0.4, -0.2) is 33.5 Å². The Hall–Kier alpha value is -1.43. The molecule has 0 aromatic carbocycles. The molecule has 106 valence electrons. The van der Waals surface area contributed by atoms with E-state index in [0.717, 1.165) is 25.1 Å². The van der Waals surface area contributed by atoms with Gasteiger partial charge >= 0.3 is 0 Å². The Labute approximate surface area is 113 Å². The fraction of sp³-hybridized carbons (Fsp3) is 0.769. The van der Waals surface area contributed by atoms with Gasteiger partial charge in [0.15, 0.2) is 0 Å². The Kier molecular flexibility index (Phi) is 4.90. The SMILES string of the molecule is CC(C)C[C@@H]1COCc2cn(nn2)CCCC(=O)N1. The summed E-state index contributed by atoms with van der Waals surface area (Å²) < 4.78 is 7.40. The standard InChI is InChI=1S/C13H22N4O2/c1-10(2)6-11-8-19-9-12-7-17(16-15-12)5-3-4-13(18)14-11/h7,10-11H,3-6,8-9H2,1-2H3,(H,14,18)/t11-/m1/s1. The molecule has 2 bridgehead atoms. The molecule has 19 heavy (non-hydrogen) atoms. The number of carbonyl (C=O) groups is 1. The average molecular weight is 266 g/mol. The molecule has 0 saturated heterocycles. The molecule has 2 heterocycles. The second-order valence-electron chi connectivity index (χ2n) is 5.49. The van der Waals surface area contributed by atoms with Crippen LogP contribution in [-0.2, 0) is 22.7 Å². The zero-order valence-electron chi connectivity index (χ0n) is 11.6. The molecule has 1 aromatic rings. The van der Waals surface area contributed by atoms with Crippen LogP contribution in [0.5, 0.6) is 0 Å². The number of nitrogens with one attached hydrogen (secondary N) is 1. The van der Waals surface area contributed by atoms with Gasteiger partial charge in [0.25, 0.3) is 0 Å². The molecule has 0 fully saturated rings. The van der Waals surface area contributed by atoms with Gasteiger partial charge < -0.3 is 10.1 Å². The molecule has 0 aliphatic carbocycles. The molecule has 2 rings (SSSR count). The third-order valence-electron chi connectivity index (χ3n) is 3.07. The molecule has 0 saturated carbocycles. The molecule has 0 spiro atoms. The van der Waals surface area contributed by atoms with Crippen LogP contribution in [0.2, 0.25) is 0 Å². The van der Waals surface area contributed by atoms with Crippen molar-refractivity contribution < 1.29 is 9.53 Å². The lowest BCUT2D eigenvalue weighted by Crippen LogP contribution is -2.39. The first kappa shape index (κ1) is 14.0. The van der Waals surface area contributed by atoms with Gasteiger partial charge in [0.05, 0.1) is 25.5 Å². The topological polar surface area (TPSA) is 69.0 Å². The molecule has 0 unspecified atom stereocenters. The van der Waals surface area contributed by atoms with E-state index in [4.69, 9.17) is 4.74 Å². The zero-order chi connectivity index (χ0) is 13.7. The normalized spacial score (nSPS) is 21.6. The van der Waals surface area contributed by atoms with Crippen LogP contribution in [0.4, 0.5) is 0 Å². The van der Waals surface area contributed by atoms with Gasteiger partial charge in [0, 0.05) is 13.0 Å². The maximum Gasteiger partial charge on any atom is 0.220 e. The number of ether oxygens (including phenoxy) is 1. The van der Waals surface area contributed by atoms with Gasteiger partial charge in [-0.1, -0.05) is 19.1 Å². The maximum absolute atomic E-state index is 11.8. The first-order chi connectivity index (χ1) is 9.13. The number of hydrogen-bond donors (Lipinski definition) is 1. The van der Waals surface area contributed by atoms with Crippen molar-refractivity contribution in [2.45, 2.75) is 52.3 Å². The zero-order valence-corrected chi connectivity index (χ0v) is 11.6. The van der Waals surface area contributed by atoms with Crippen LogP contribution in [0.1, 0.15) is 38.8 Å². The highest BCUT2D eigenvalue weighted by atomic mass is 16.5. The van der Waals surface area contributed by atoms with Crippen LogP contribution in [0.25, 0.3) is 0 Å². The molecule has 1 aliphatic heterocycles. The smallest absolute Gasteiger partial charge is 0.220 e. The van der Waals surface area contributed by atoms with Gasteiger partial charge in [-0.3, -0.25) is 9.48 Å². The van der Waals surface area contributed by atoms with Crippen molar-refractivity contribution in [3.63, 3.8) is 0 Å². The highest BCUT2D eigenvalue weighted by Crippen LogP contribution is 2.08. The first-order valence-corrected chi connectivity index (χ1v) is 6.89. The molecule has 6 heteroatoms. The van der Waals surface area contributed by atoms with Gasteiger partial charge in [-0.2, -0.15) is 0 Å². The third-order valence-corrected chi connectivity index (χ3v) is 3.07. The van der Waals surface area contributed by atoms with Crippen molar-refractivity contribution in [2.24, 2.45) is 5.92 Å². The van der Waals surface area contributed by atoms with Crippen LogP contribution < -0.4 is 5.32 Å². The molecule has 1 aliphatic rings. The summed E-state index contributed by atoms with van der Waals surface area (Å²) in [4.78, 5) is 11.8. The second-order valence-corrected chi connectivity index (χ2v) is 5.49. The Morgan fingerprint density at radius 2 is 2.42 bits per heavy atom. The predicted molar refractivity (Wildman–Crippen MR) is 70.3 cm³/mol. The van der Waals surface area contributed by atoms with Crippen molar-refractivity contribution in [3.8, 4) is 0 Å². The van der Waals surface area contributed by atoms with Crippen LogP contribution >= 0.6 is 0 Å². The molecular weight excluding hydrogens is 244 g/mol. The molecular formula is C13H22N4O2. The summed E-state index contributed by atoms with van der Waals surface area (Å²) >= 11 is 0. The summed E-state index contributed by atoms with van der Waals surface area (Å²) in [5.74, 6) is 0.623. The van der Waals surface area contributed by atoms with Gasteiger partial charge in [0.2, 0.25) is 5.91 Å². The van der Waals surface area contributed by atoms with Crippen molar-refractivity contribution in [1.29, 1.82) is 0 Å². The average Bonchev–Trinajstić information content (AvgIpc) is 2.75. The van der Waals surface area contributed by atoms with Gasteiger partial charge in [-0.05, 0) is 18.8 Å². The van der Waals surface area contributed by atoms with Crippen molar-refractivity contribution in [3.05, 3.63) is 11.9 Å². The Balaban J connectivity index is 1.99. The Bertz CT molecular complexity index is 417. The maximum atomic E-state index is 11.8. The molecule has 0 radical (unpaired) electrons. The highest BCUT2D eigenvalue weighted by molar-refractivity contribution is 5.76. The number of carbonyl (C=O) groups excluding carboxylic acids is 1. The minimum Gasteiger partial charge on any atom is -0.373 e. The van der Waals surface area contributed by atoms with E-state index in [1.165, 1.54) is 0 Å². The largest absolute Gasteiger partial charge is 0.373 e. The first-order valence-electron chi connectivity index (χ1n) is 6.89. The Morgan fingerprint density at radius 1 is 1.58 bits per heavy atom. The highest BCUT2D eigenvalue weighted by Gasteiger charge is 2.15. The Morgan fingerprint density at radius 3 is 3.21 bits per heavy atom. The predicted octanol–water partition coefficient (Wildman–Crippen LogP) is 1.12. The van der Waals surface area contributed by atoms with Gasteiger partial charge in [-0.25, -0.2) is 0 Å². The molecule has 1 aromatic heterocycles. The second kappa shape index (κ2) is 6.65. The number of hydrogen-bond acceptors (Lipinski definition) is 4. The van der Waals surface area contributed by atoms with Crippen molar-refractivity contribution in [1.82, 2.24) is 20.3 Å². The number of aryl methyl sites for hydroxylation is 1. The van der Waals surface area contributed by atoms with Crippen LogP contribution in [0.3, 0.4) is 0 Å². The summed E-state index contributed by atoms with van der Waals surface area (Å²) in [5, 5.41) is 11.1. The summed E-state index contributed by atoms with van der Waals surface area (Å²) in [7, 11) is 0. The fourth-order valence-corrected chi connectivity index (χ4v) is 2.26. The molecule has 1 atom stereocenters. The van der Waals surface area contributed by atoms with E-state index in [-0.39, 0.29) is 11.9 Å². The molecule has 6 nitrogen and oxygen atoms in total. The van der Waals surface area contributed by atoms with E-state index in [1.54, 1.807) is 4.68 Å². The van der Waals surface area contributed by atoms with E-state index in [1.807, 2.05) is 6.20 Å². The number of amides is 1. The van der Waals surface area contributed by atoms with Gasteiger partial charge in [-0.15, -0.1) is 5.10 Å². The molecule has 1 N–H and O–H groups in total. The number of fused-ring (bicyclic) bond motifs is 2. The van der Waals surface area contributed by atoms with E-state index in [2.05, 4.69) is 29.5 Å². The minimum absolute atomic E-state index is 0.0852. The monoisotopic (exact) mass is 266 g/mol. The summed E-state index contributed by atoms with van der Waals surface area (Å²) in [6.45, 7) is 5.98. The third kappa shape index (κ3) is 4.63. The number of nitrogens with zero attached hydrogens (tertiary/aromatic N) is 3. The van der Waals surface area contributed by atoms with Crippen LogP contribution in [0.15, 0.2) is 6.20 Å². The fourth-order valence-electron chi connectivity index (χ4n) is 2.26. The van der Waals surface area contributed by atoms with E-state index in [9.17, 15) is 4.79 Å². The van der Waals surface area contributed by atoms with E-state index in [0.29, 0.717) is 25.6 Å². The van der Waals surface area contributed by atoms with E-state index >= 15 is 0 Å². The summed E-state index contributed by atoms with van der Waals surface area (Å²) in [6.07, 6.45) is 4.11. The van der Waals surface area contributed by atoms with E-state index < -0.39 is 0 Å². The lowest BCUT2D eigenvalue weighted by molar-refractivity contribution is -0.122. The molecule has 1 amide bonds. The summed E-state index contributed by atoms with van der Waals surface area (Å²) in [6, 6.07) is 0.0852. The summed E-state index contributed by atoms with van der Waals surface area (Å²) in [5.41, 5.74) is 0.843. The lowest BCUT2D eigenvalue weighted by Gasteiger charge is -2.20. The quantitative estimate of drug-likeness (QED) is 0.871. The van der Waals surface area contributed by atoms with Crippen LogP contribution in [0, 0.1) is 5.92 Å². The number of rotatable bonds is 2. The van der Waals surface area contributed by atoms with Gasteiger partial charge in [0.1, 0.15) is 5.69 Å². The lowest BCUT2D eigenvalue weighted by atomic mass is 10.0. The van der Waals surface area contributed by atoms with Crippen molar-refractivity contribution in [2.75, 3.05) is 6.61 Å². The van der Waals surface area contributed by atoms with Crippen molar-refractivity contribution >= 4 is 5.91 Å². The number of aromatic nitrogens is 3. The minimum atomic E-state index is 0.0852.